The van der Waals surface area contributed by atoms with Gasteiger partial charge in [0.25, 0.3) is 5.56 Å². The van der Waals surface area contributed by atoms with E-state index in [0.29, 0.717) is 38.8 Å². The van der Waals surface area contributed by atoms with Gasteiger partial charge in [0.05, 0.1) is 34.0 Å². The van der Waals surface area contributed by atoms with Crippen LogP contribution >= 0.6 is 19.9 Å². The molecule has 10 nitrogen and oxygen atoms in total. The Hall–Kier alpha value is -2.04. The molecule has 168 valence electrons. The Kier molecular flexibility index (Phi) is 5.76. The van der Waals surface area contributed by atoms with E-state index in [1.54, 1.807) is 19.1 Å². The monoisotopic (exact) mass is 511 g/mol. The number of aromatic nitrogens is 2. The van der Waals surface area contributed by atoms with E-state index < -0.39 is 25.4 Å². The molecule has 3 aliphatic rings. The third-order valence-corrected chi connectivity index (χ3v) is 7.12. The molecule has 1 aromatic carbocycles. The average Bonchev–Trinajstić information content (AvgIpc) is 3.40. The number of ether oxygens (including phenoxy) is 3. The van der Waals surface area contributed by atoms with Crippen molar-refractivity contribution in [3.05, 3.63) is 50.3 Å². The van der Waals surface area contributed by atoms with Crippen LogP contribution in [0.3, 0.4) is 0 Å². The maximum atomic E-state index is 13.4. The van der Waals surface area contributed by atoms with Crippen LogP contribution in [0.25, 0.3) is 22.3 Å². The van der Waals surface area contributed by atoms with Crippen LogP contribution in [0.2, 0.25) is 5.02 Å². The molecule has 0 N–H and O–H groups in total. The van der Waals surface area contributed by atoms with E-state index in [1.165, 1.54) is 4.57 Å². The quantitative estimate of drug-likeness (QED) is 0.203. The molecule has 6 rings (SSSR count). The fraction of sp³-hybridized carbons (Fsp3) is 0.286. The summed E-state index contributed by atoms with van der Waals surface area (Å²) in [6, 6.07) is 5.15. The molecule has 2 atom stereocenters. The minimum atomic E-state index is -3.39. The summed E-state index contributed by atoms with van der Waals surface area (Å²) in [6.07, 6.45) is -0.0396. The van der Waals surface area contributed by atoms with E-state index in [2.05, 4.69) is 0 Å². The summed E-state index contributed by atoms with van der Waals surface area (Å²) in [5, 5.41) is 1.02. The number of nitrogens with zero attached hydrogens (tertiary/aromatic N) is 2. The summed E-state index contributed by atoms with van der Waals surface area (Å²) in [5.74, 6) is 0.0627. The molecule has 5 heterocycles. The number of hydrogen-bond donors (Lipinski definition) is 0. The number of benzene rings is 1. The second kappa shape index (κ2) is 8.27. The van der Waals surface area contributed by atoms with Crippen LogP contribution in [0, 0.1) is 0 Å². The summed E-state index contributed by atoms with van der Waals surface area (Å²) < 4.78 is 34.1. The SMILES string of the molecule is CC[C@@]1(O[P+](=O)[O-])C(=O)OCc2c1cc1n(c2=O)Cc2cc3c(Cl)c4c(cc3nc2-1)OCO4.[Na+]. The van der Waals surface area contributed by atoms with E-state index in [1.807, 2.05) is 6.07 Å². The predicted molar refractivity (Wildman–Crippen MR) is 112 cm³/mol. The van der Waals surface area contributed by atoms with Gasteiger partial charge in [-0.25, -0.2) is 9.78 Å². The Morgan fingerprint density at radius 3 is 2.79 bits per heavy atom. The molecule has 0 spiro atoms. The summed E-state index contributed by atoms with van der Waals surface area (Å²) in [7, 11) is -3.39. The Bertz CT molecular complexity index is 1490. The largest absolute Gasteiger partial charge is 1.00 e. The van der Waals surface area contributed by atoms with Crippen molar-refractivity contribution < 1.29 is 62.5 Å². The Morgan fingerprint density at radius 1 is 1.26 bits per heavy atom. The molecule has 3 aliphatic heterocycles. The molecule has 0 saturated heterocycles. The van der Waals surface area contributed by atoms with Crippen LogP contribution in [0.5, 0.6) is 11.5 Å². The third kappa shape index (κ3) is 3.18. The van der Waals surface area contributed by atoms with E-state index in [-0.39, 0.29) is 67.0 Å². The van der Waals surface area contributed by atoms with Gasteiger partial charge in [-0.2, -0.15) is 0 Å². The zero-order chi connectivity index (χ0) is 23.1. The van der Waals surface area contributed by atoms with Gasteiger partial charge in [0.2, 0.25) is 12.4 Å². The van der Waals surface area contributed by atoms with Crippen molar-refractivity contribution in [1.29, 1.82) is 0 Å². The zero-order valence-corrected chi connectivity index (χ0v) is 21.7. The number of esters is 1. The predicted octanol–water partition coefficient (Wildman–Crippen LogP) is -0.492. The van der Waals surface area contributed by atoms with Gasteiger partial charge in [0.1, 0.15) is 6.61 Å². The minimum Gasteiger partial charge on any atom is -0.566 e. The maximum absolute atomic E-state index is 13.4. The van der Waals surface area contributed by atoms with Crippen LogP contribution in [0.4, 0.5) is 0 Å². The Morgan fingerprint density at radius 2 is 2.06 bits per heavy atom. The van der Waals surface area contributed by atoms with Crippen LogP contribution in [0.1, 0.15) is 30.0 Å². The van der Waals surface area contributed by atoms with E-state index in [0.717, 1.165) is 5.56 Å². The number of pyridine rings is 2. The van der Waals surface area contributed by atoms with Crippen LogP contribution in [0.15, 0.2) is 23.0 Å². The standard InChI is InChI=1S/C21H14ClN2O8P.Na/c1-2-21(32-33(27)28)12-4-14-17-9(6-24(14)19(25)11(12)7-29-20(21)26)3-10-13(23-17)5-15-18(16(10)22)31-8-30-15;/h3-5H,2,6-8H2,1H3;/q;+1/t21-;/m0./s1. The maximum Gasteiger partial charge on any atom is 1.00 e. The first-order chi connectivity index (χ1) is 15.8. The first-order valence-electron chi connectivity index (χ1n) is 10.0. The van der Waals surface area contributed by atoms with Crippen molar-refractivity contribution in [3.8, 4) is 22.9 Å². The van der Waals surface area contributed by atoms with Gasteiger partial charge in [0.15, 0.2) is 11.5 Å². The number of hydrogen-bond acceptors (Lipinski definition) is 9. The second-order valence-electron chi connectivity index (χ2n) is 7.87. The number of carbonyl (C=O) groups is 1. The fourth-order valence-electron chi connectivity index (χ4n) is 4.70. The van der Waals surface area contributed by atoms with Gasteiger partial charge < -0.3 is 23.7 Å². The van der Waals surface area contributed by atoms with Crippen LogP contribution < -0.4 is 49.5 Å². The number of fused-ring (bicyclic) bond motifs is 6. The molecular formula is C21H14ClN2NaO8P+. The Labute approximate surface area is 220 Å². The average molecular weight is 512 g/mol. The first kappa shape index (κ1) is 23.7. The summed E-state index contributed by atoms with van der Waals surface area (Å²) in [5.41, 5.74) is 0.277. The topological polar surface area (TPSA) is 129 Å². The van der Waals surface area contributed by atoms with Gasteiger partial charge in [0, 0.05) is 22.6 Å². The first-order valence-corrected chi connectivity index (χ1v) is 11.5. The van der Waals surface area contributed by atoms with E-state index >= 15 is 0 Å². The molecule has 3 aromatic rings. The molecule has 13 heteroatoms. The molecule has 34 heavy (non-hydrogen) atoms. The van der Waals surface area contributed by atoms with Gasteiger partial charge in [-0.1, -0.05) is 18.5 Å². The zero-order valence-electron chi connectivity index (χ0n) is 18.0. The number of cyclic esters (lactones) is 1. The molecule has 0 bridgehead atoms. The van der Waals surface area contributed by atoms with E-state index in [4.69, 9.17) is 35.3 Å². The molecular weight excluding hydrogens is 498 g/mol. The summed E-state index contributed by atoms with van der Waals surface area (Å²) in [6.45, 7) is 1.61. The normalized spacial score (nSPS) is 19.7. The second-order valence-corrected chi connectivity index (χ2v) is 8.88. The van der Waals surface area contributed by atoms with Crippen molar-refractivity contribution in [2.75, 3.05) is 6.79 Å². The smallest absolute Gasteiger partial charge is 0.566 e. The number of rotatable bonds is 3. The molecule has 0 fully saturated rings. The summed E-state index contributed by atoms with van der Waals surface area (Å²) in [4.78, 5) is 42.2. The molecule has 1 unspecified atom stereocenters. The van der Waals surface area contributed by atoms with Gasteiger partial charge in [-0.05, 0) is 23.1 Å². The van der Waals surface area contributed by atoms with E-state index in [9.17, 15) is 19.0 Å². The molecule has 0 amide bonds. The fourth-order valence-corrected chi connectivity index (χ4v) is 5.56. The van der Waals surface area contributed by atoms with Gasteiger partial charge >= 0.3 is 43.8 Å². The van der Waals surface area contributed by atoms with Gasteiger partial charge in [-0.3, -0.25) is 4.79 Å². The van der Waals surface area contributed by atoms with Crippen molar-refractivity contribution in [1.82, 2.24) is 9.55 Å². The van der Waals surface area contributed by atoms with Crippen molar-refractivity contribution in [2.45, 2.75) is 32.1 Å². The van der Waals surface area contributed by atoms with Crippen LogP contribution in [-0.4, -0.2) is 22.3 Å². The van der Waals surface area contributed by atoms with Crippen LogP contribution in [-0.2, 0) is 37.4 Å². The molecule has 0 saturated carbocycles. The third-order valence-electron chi connectivity index (χ3n) is 6.29. The number of carbonyl (C=O) groups excluding carboxylic acids is 1. The summed E-state index contributed by atoms with van der Waals surface area (Å²) >= 11 is 6.51. The Balaban J connectivity index is 0.00000241. The van der Waals surface area contributed by atoms with Crippen molar-refractivity contribution in [2.24, 2.45) is 0 Å². The van der Waals surface area contributed by atoms with Crippen molar-refractivity contribution >= 4 is 36.7 Å². The number of halogens is 1. The molecule has 2 aromatic heterocycles. The van der Waals surface area contributed by atoms with Crippen molar-refractivity contribution in [3.63, 3.8) is 0 Å². The minimum absolute atomic E-state index is 0. The van der Waals surface area contributed by atoms with Gasteiger partial charge in [-0.15, -0.1) is 4.52 Å². The molecule has 0 radical (unpaired) electrons. The molecule has 0 aliphatic carbocycles.